The zero-order chi connectivity index (χ0) is 11.4. The third-order valence-corrected chi connectivity index (χ3v) is 2.36. The molecule has 1 aromatic carbocycles. The molecule has 0 fully saturated rings. The average Bonchev–Trinajstić information content (AvgIpc) is 2.30. The Morgan fingerprint density at radius 3 is 2.88 bits per heavy atom. The molecule has 0 aliphatic heterocycles. The van der Waals surface area contributed by atoms with Crippen LogP contribution in [0.1, 0.15) is 5.69 Å². The molecule has 0 saturated heterocycles. The molecule has 0 saturated carbocycles. The Morgan fingerprint density at radius 2 is 2.06 bits per heavy atom. The van der Waals surface area contributed by atoms with Gasteiger partial charge in [-0.1, -0.05) is 0 Å². The van der Waals surface area contributed by atoms with Gasteiger partial charge in [-0.15, -0.1) is 0 Å². The topological polar surface area (TPSA) is 44.2 Å². The number of hydrogen-bond donors (Lipinski definition) is 0. The van der Waals surface area contributed by atoms with E-state index in [0.717, 1.165) is 22.3 Å². The number of rotatable bonds is 4. The van der Waals surface area contributed by atoms with Crippen LogP contribution in [0.4, 0.5) is 0 Å². The molecule has 4 nitrogen and oxygen atoms in total. The van der Waals surface area contributed by atoms with E-state index in [1.807, 2.05) is 25.1 Å². The summed E-state index contributed by atoms with van der Waals surface area (Å²) in [7, 11) is 1.65. The van der Waals surface area contributed by atoms with E-state index in [0.29, 0.717) is 13.2 Å². The van der Waals surface area contributed by atoms with Crippen molar-refractivity contribution in [2.45, 2.75) is 6.92 Å². The Balaban J connectivity index is 2.23. The number of aryl methyl sites for hydroxylation is 1. The predicted molar refractivity (Wildman–Crippen MR) is 61.6 cm³/mol. The van der Waals surface area contributed by atoms with Crippen molar-refractivity contribution in [3.63, 3.8) is 0 Å². The third kappa shape index (κ3) is 2.28. The van der Waals surface area contributed by atoms with E-state index < -0.39 is 0 Å². The van der Waals surface area contributed by atoms with Crippen LogP contribution in [-0.4, -0.2) is 30.3 Å². The largest absolute Gasteiger partial charge is 0.491 e. The van der Waals surface area contributed by atoms with Crippen molar-refractivity contribution in [2.75, 3.05) is 20.3 Å². The third-order valence-electron chi connectivity index (χ3n) is 2.36. The summed E-state index contributed by atoms with van der Waals surface area (Å²) in [6.07, 6.45) is 1.57. The van der Waals surface area contributed by atoms with E-state index in [1.54, 1.807) is 13.4 Å². The lowest BCUT2D eigenvalue weighted by molar-refractivity contribution is 0.146. The lowest BCUT2D eigenvalue weighted by atomic mass is 10.2. The lowest BCUT2D eigenvalue weighted by Crippen LogP contribution is -2.04. The average molecular weight is 218 g/mol. The fraction of sp³-hybridized carbons (Fsp3) is 0.333. The normalized spacial score (nSPS) is 10.6. The molecule has 1 heterocycles. The monoisotopic (exact) mass is 218 g/mol. The summed E-state index contributed by atoms with van der Waals surface area (Å²) in [6.45, 7) is 3.10. The highest BCUT2D eigenvalue weighted by Crippen LogP contribution is 2.20. The van der Waals surface area contributed by atoms with Gasteiger partial charge >= 0.3 is 0 Å². The molecule has 0 unspecified atom stereocenters. The van der Waals surface area contributed by atoms with Crippen LogP contribution in [-0.2, 0) is 4.74 Å². The van der Waals surface area contributed by atoms with Crippen molar-refractivity contribution in [2.24, 2.45) is 0 Å². The van der Waals surface area contributed by atoms with Crippen molar-refractivity contribution in [3.05, 3.63) is 30.2 Å². The second-order valence-corrected chi connectivity index (χ2v) is 3.48. The molecule has 16 heavy (non-hydrogen) atoms. The zero-order valence-corrected chi connectivity index (χ0v) is 9.43. The molecule has 84 valence electrons. The Hall–Kier alpha value is -1.68. The van der Waals surface area contributed by atoms with Gasteiger partial charge in [0.25, 0.3) is 0 Å². The van der Waals surface area contributed by atoms with Crippen LogP contribution in [0, 0.1) is 6.92 Å². The number of ether oxygens (including phenoxy) is 2. The van der Waals surface area contributed by atoms with Crippen LogP contribution in [0.5, 0.6) is 5.75 Å². The van der Waals surface area contributed by atoms with Crippen molar-refractivity contribution in [1.82, 2.24) is 9.97 Å². The first-order valence-electron chi connectivity index (χ1n) is 5.14. The first kappa shape index (κ1) is 10.8. The molecule has 0 bridgehead atoms. The second kappa shape index (κ2) is 4.90. The Kier molecular flexibility index (Phi) is 3.31. The molecule has 0 atom stereocenters. The van der Waals surface area contributed by atoms with Crippen molar-refractivity contribution >= 4 is 10.9 Å². The number of hydrogen-bond acceptors (Lipinski definition) is 4. The Labute approximate surface area is 94.2 Å². The van der Waals surface area contributed by atoms with Gasteiger partial charge in [0, 0.05) is 24.3 Å². The fourth-order valence-corrected chi connectivity index (χ4v) is 1.50. The van der Waals surface area contributed by atoms with E-state index in [9.17, 15) is 0 Å². The number of methoxy groups -OCH3 is 1. The maximum Gasteiger partial charge on any atom is 0.121 e. The summed E-state index contributed by atoms with van der Waals surface area (Å²) < 4.78 is 10.4. The van der Waals surface area contributed by atoms with Crippen LogP contribution >= 0.6 is 0 Å². The van der Waals surface area contributed by atoms with Crippen LogP contribution < -0.4 is 4.74 Å². The van der Waals surface area contributed by atoms with Gasteiger partial charge in [0.2, 0.25) is 0 Å². The minimum absolute atomic E-state index is 0.548. The fourth-order valence-electron chi connectivity index (χ4n) is 1.50. The minimum Gasteiger partial charge on any atom is -0.491 e. The first-order chi connectivity index (χ1) is 7.81. The number of fused-ring (bicyclic) bond motifs is 1. The molecule has 2 aromatic rings. The van der Waals surface area contributed by atoms with Gasteiger partial charge < -0.3 is 9.47 Å². The first-order valence-corrected chi connectivity index (χ1v) is 5.14. The van der Waals surface area contributed by atoms with Gasteiger partial charge in [0.15, 0.2) is 0 Å². The molecule has 4 heteroatoms. The van der Waals surface area contributed by atoms with E-state index >= 15 is 0 Å². The van der Waals surface area contributed by atoms with Crippen LogP contribution in [0.25, 0.3) is 10.9 Å². The van der Waals surface area contributed by atoms with Gasteiger partial charge in [-0.25, -0.2) is 9.97 Å². The summed E-state index contributed by atoms with van der Waals surface area (Å²) in [5.41, 5.74) is 1.89. The van der Waals surface area contributed by atoms with Crippen LogP contribution in [0.3, 0.4) is 0 Å². The number of aromatic nitrogens is 2. The van der Waals surface area contributed by atoms with Crippen LogP contribution in [0.15, 0.2) is 24.5 Å². The van der Waals surface area contributed by atoms with E-state index in [4.69, 9.17) is 9.47 Å². The summed E-state index contributed by atoms with van der Waals surface area (Å²) in [5.74, 6) is 0.808. The van der Waals surface area contributed by atoms with Gasteiger partial charge in [0.1, 0.15) is 18.7 Å². The van der Waals surface area contributed by atoms with E-state index in [1.165, 1.54) is 0 Å². The van der Waals surface area contributed by atoms with Gasteiger partial charge in [-0.05, 0) is 19.1 Å². The van der Waals surface area contributed by atoms with Crippen molar-refractivity contribution in [1.29, 1.82) is 0 Å². The lowest BCUT2D eigenvalue weighted by Gasteiger charge is -2.06. The smallest absolute Gasteiger partial charge is 0.121 e. The summed E-state index contributed by atoms with van der Waals surface area (Å²) >= 11 is 0. The Morgan fingerprint density at radius 1 is 1.19 bits per heavy atom. The molecule has 0 aliphatic carbocycles. The SMILES string of the molecule is COCCOc1ccc2c(C)ncnc2c1. The number of nitrogens with zero attached hydrogens (tertiary/aromatic N) is 2. The van der Waals surface area contributed by atoms with Crippen molar-refractivity contribution in [3.8, 4) is 5.75 Å². The van der Waals surface area contributed by atoms with Gasteiger partial charge in [0.05, 0.1) is 12.1 Å². The van der Waals surface area contributed by atoms with Crippen LogP contribution in [0.2, 0.25) is 0 Å². The molecule has 0 amide bonds. The Bertz CT molecular complexity index is 485. The highest BCUT2D eigenvalue weighted by atomic mass is 16.5. The summed E-state index contributed by atoms with van der Waals surface area (Å²) in [4.78, 5) is 8.35. The number of benzene rings is 1. The molecule has 0 aliphatic rings. The van der Waals surface area contributed by atoms with Gasteiger partial charge in [-0.2, -0.15) is 0 Å². The molecular formula is C12H14N2O2. The summed E-state index contributed by atoms with van der Waals surface area (Å²) in [5, 5.41) is 1.06. The predicted octanol–water partition coefficient (Wildman–Crippen LogP) is 1.96. The molecular weight excluding hydrogens is 204 g/mol. The second-order valence-electron chi connectivity index (χ2n) is 3.48. The standard InChI is InChI=1S/C12H14N2O2/c1-9-11-4-3-10(16-6-5-15-2)7-12(11)14-8-13-9/h3-4,7-8H,5-6H2,1-2H3. The highest BCUT2D eigenvalue weighted by Gasteiger charge is 2.01. The minimum atomic E-state index is 0.548. The molecule has 0 N–H and O–H groups in total. The van der Waals surface area contributed by atoms with Gasteiger partial charge in [-0.3, -0.25) is 0 Å². The molecule has 1 aromatic heterocycles. The maximum atomic E-state index is 5.51. The molecule has 0 spiro atoms. The highest BCUT2D eigenvalue weighted by molar-refractivity contribution is 5.81. The molecule has 2 rings (SSSR count). The maximum absolute atomic E-state index is 5.51. The zero-order valence-electron chi connectivity index (χ0n) is 9.43. The van der Waals surface area contributed by atoms with Crippen molar-refractivity contribution < 1.29 is 9.47 Å². The molecule has 0 radical (unpaired) electrons. The van der Waals surface area contributed by atoms with E-state index in [-0.39, 0.29) is 0 Å². The van der Waals surface area contributed by atoms with E-state index in [2.05, 4.69) is 9.97 Å². The summed E-state index contributed by atoms with van der Waals surface area (Å²) in [6, 6.07) is 5.82. The quantitative estimate of drug-likeness (QED) is 0.736.